The summed E-state index contributed by atoms with van der Waals surface area (Å²) in [4.78, 5) is 8.76. The van der Waals surface area contributed by atoms with Crippen LogP contribution < -0.4 is 16.2 Å². The Hall–Kier alpha value is -0.750. The summed E-state index contributed by atoms with van der Waals surface area (Å²) in [5, 5.41) is 0.949. The van der Waals surface area contributed by atoms with Gasteiger partial charge in [0.2, 0.25) is 0 Å². The molecule has 5 nitrogen and oxygen atoms in total. The molecule has 0 atom stereocenters. The van der Waals surface area contributed by atoms with Crippen molar-refractivity contribution in [2.75, 3.05) is 38.0 Å². The van der Waals surface area contributed by atoms with E-state index in [1.807, 2.05) is 7.05 Å². The zero-order chi connectivity index (χ0) is 14.9. The maximum atomic E-state index is 6.25. The van der Waals surface area contributed by atoms with E-state index in [9.17, 15) is 0 Å². The number of nitrogens with one attached hydrogen (secondary N) is 1. The first-order chi connectivity index (χ1) is 9.39. The molecule has 1 heterocycles. The number of nitrogens with two attached hydrogens (primary N) is 1. The number of hydrazine groups is 1. The van der Waals surface area contributed by atoms with Crippen LogP contribution in [-0.2, 0) is 0 Å². The summed E-state index contributed by atoms with van der Waals surface area (Å²) in [7, 11) is 6.24. The van der Waals surface area contributed by atoms with Gasteiger partial charge in [-0.1, -0.05) is 23.2 Å². The zero-order valence-electron chi connectivity index (χ0n) is 12.1. The molecule has 20 heavy (non-hydrogen) atoms. The fourth-order valence-electron chi connectivity index (χ4n) is 2.67. The molecule has 0 spiro atoms. The Morgan fingerprint density at radius 1 is 1.30 bits per heavy atom. The molecule has 3 N–H and O–H groups in total. The maximum Gasteiger partial charge on any atom is 0.161 e. The van der Waals surface area contributed by atoms with Gasteiger partial charge in [-0.3, -0.25) is 0 Å². The molecule has 1 saturated carbocycles. The minimum absolute atomic E-state index is 0.204. The molecular weight excluding hydrogens is 297 g/mol. The van der Waals surface area contributed by atoms with E-state index >= 15 is 0 Å². The molecule has 112 valence electrons. The van der Waals surface area contributed by atoms with E-state index in [-0.39, 0.29) is 5.54 Å². The van der Waals surface area contributed by atoms with Crippen LogP contribution in [0.4, 0.5) is 11.6 Å². The van der Waals surface area contributed by atoms with Crippen molar-refractivity contribution < 1.29 is 0 Å². The SMILES string of the molecule is CN(CC1(N(C)C)CCC1)c1nc(NN)c(Cl)cc1Cl. The minimum Gasteiger partial charge on any atom is -0.357 e. The molecular formula is C13H21Cl2N5. The number of nitrogen functional groups attached to an aromatic ring is 1. The van der Waals surface area contributed by atoms with Gasteiger partial charge in [0.05, 0.1) is 10.0 Å². The summed E-state index contributed by atoms with van der Waals surface area (Å²) < 4.78 is 0. The number of hydrogen-bond donors (Lipinski definition) is 2. The lowest BCUT2D eigenvalue weighted by Crippen LogP contribution is -2.56. The van der Waals surface area contributed by atoms with Crippen molar-refractivity contribution in [3.05, 3.63) is 16.1 Å². The number of pyridine rings is 1. The molecule has 7 heteroatoms. The maximum absolute atomic E-state index is 6.25. The van der Waals surface area contributed by atoms with E-state index in [0.717, 1.165) is 6.54 Å². The predicted octanol–water partition coefficient (Wildman–Crippen LogP) is 2.59. The van der Waals surface area contributed by atoms with Crippen LogP contribution in [0.2, 0.25) is 10.0 Å². The smallest absolute Gasteiger partial charge is 0.161 e. The van der Waals surface area contributed by atoms with Crippen LogP contribution >= 0.6 is 23.2 Å². The lowest BCUT2D eigenvalue weighted by atomic mass is 9.75. The molecule has 0 aromatic carbocycles. The van der Waals surface area contributed by atoms with Crippen molar-refractivity contribution in [3.63, 3.8) is 0 Å². The van der Waals surface area contributed by atoms with Gasteiger partial charge in [-0.05, 0) is 39.4 Å². The predicted molar refractivity (Wildman–Crippen MR) is 85.6 cm³/mol. The van der Waals surface area contributed by atoms with Crippen molar-refractivity contribution in [1.82, 2.24) is 9.88 Å². The molecule has 1 aliphatic rings. The molecule has 2 rings (SSSR count). The fourth-order valence-corrected chi connectivity index (χ4v) is 3.23. The van der Waals surface area contributed by atoms with Crippen LogP contribution in [-0.4, -0.2) is 43.1 Å². The average Bonchev–Trinajstić information content (AvgIpc) is 2.33. The van der Waals surface area contributed by atoms with E-state index < -0.39 is 0 Å². The minimum atomic E-state index is 0.204. The first kappa shape index (κ1) is 15.6. The summed E-state index contributed by atoms with van der Waals surface area (Å²) in [6, 6.07) is 1.67. The van der Waals surface area contributed by atoms with Crippen LogP contribution in [0.5, 0.6) is 0 Å². The molecule has 0 unspecified atom stereocenters. The van der Waals surface area contributed by atoms with Gasteiger partial charge in [0, 0.05) is 19.1 Å². The third-order valence-corrected chi connectivity index (χ3v) is 4.74. The van der Waals surface area contributed by atoms with Gasteiger partial charge in [-0.2, -0.15) is 0 Å². The standard InChI is InChI=1S/C13H21Cl2N5/c1-19(2)13(5-4-6-13)8-20(3)12-10(15)7-9(14)11(17-12)18-16/h7H,4-6,8,16H2,1-3H3,(H,17,18). The third kappa shape index (κ3) is 2.81. The van der Waals surface area contributed by atoms with Gasteiger partial charge in [-0.25, -0.2) is 10.8 Å². The van der Waals surface area contributed by atoms with Gasteiger partial charge in [-0.15, -0.1) is 0 Å². The van der Waals surface area contributed by atoms with Gasteiger partial charge < -0.3 is 15.2 Å². The second kappa shape index (κ2) is 5.93. The summed E-state index contributed by atoms with van der Waals surface area (Å²) in [6.45, 7) is 0.873. The molecule has 1 aromatic rings. The summed E-state index contributed by atoms with van der Waals surface area (Å²) in [5.41, 5.74) is 2.70. The first-order valence-electron chi connectivity index (χ1n) is 6.61. The number of aromatic nitrogens is 1. The molecule has 1 aromatic heterocycles. The highest BCUT2D eigenvalue weighted by molar-refractivity contribution is 6.37. The highest BCUT2D eigenvalue weighted by Crippen LogP contribution is 2.38. The van der Waals surface area contributed by atoms with Crippen molar-refractivity contribution in [1.29, 1.82) is 0 Å². The Morgan fingerprint density at radius 3 is 2.40 bits per heavy atom. The van der Waals surface area contributed by atoms with Crippen LogP contribution in [0.3, 0.4) is 0 Å². The third-order valence-electron chi connectivity index (χ3n) is 4.17. The Labute approximate surface area is 130 Å². The van der Waals surface area contributed by atoms with Crippen molar-refractivity contribution >= 4 is 34.8 Å². The normalized spacial score (nSPS) is 16.9. The zero-order valence-corrected chi connectivity index (χ0v) is 13.6. The molecule has 0 aliphatic heterocycles. The molecule has 0 bridgehead atoms. The second-order valence-corrected chi connectivity index (χ2v) is 6.41. The lowest BCUT2D eigenvalue weighted by Gasteiger charge is -2.49. The van der Waals surface area contributed by atoms with Crippen LogP contribution in [0, 0.1) is 0 Å². The van der Waals surface area contributed by atoms with Crippen LogP contribution in [0.25, 0.3) is 0 Å². The molecule has 1 aliphatic carbocycles. The second-order valence-electron chi connectivity index (χ2n) is 5.60. The average molecular weight is 318 g/mol. The fraction of sp³-hybridized carbons (Fsp3) is 0.615. The van der Waals surface area contributed by atoms with Crippen LogP contribution in [0.15, 0.2) is 6.07 Å². The monoisotopic (exact) mass is 317 g/mol. The van der Waals surface area contributed by atoms with E-state index in [1.54, 1.807) is 6.07 Å². The summed E-state index contributed by atoms with van der Waals surface area (Å²) >= 11 is 12.3. The first-order valence-corrected chi connectivity index (χ1v) is 7.36. The highest BCUT2D eigenvalue weighted by atomic mass is 35.5. The molecule has 0 amide bonds. The Morgan fingerprint density at radius 2 is 1.95 bits per heavy atom. The van der Waals surface area contributed by atoms with E-state index in [0.29, 0.717) is 21.7 Å². The van der Waals surface area contributed by atoms with Crippen molar-refractivity contribution in [3.8, 4) is 0 Å². The number of rotatable bonds is 5. The topological polar surface area (TPSA) is 57.4 Å². The summed E-state index contributed by atoms with van der Waals surface area (Å²) in [5.74, 6) is 6.54. The van der Waals surface area contributed by atoms with Gasteiger partial charge in [0.15, 0.2) is 5.82 Å². The number of anilines is 2. The van der Waals surface area contributed by atoms with Crippen molar-refractivity contribution in [2.24, 2.45) is 5.84 Å². The molecule has 0 radical (unpaired) electrons. The van der Waals surface area contributed by atoms with Gasteiger partial charge in [0.25, 0.3) is 0 Å². The van der Waals surface area contributed by atoms with E-state index in [2.05, 4.69) is 34.3 Å². The number of hydrogen-bond acceptors (Lipinski definition) is 5. The van der Waals surface area contributed by atoms with Crippen molar-refractivity contribution in [2.45, 2.75) is 24.8 Å². The number of halogens is 2. The van der Waals surface area contributed by atoms with Crippen LogP contribution in [0.1, 0.15) is 19.3 Å². The quantitative estimate of drug-likeness (QED) is 0.645. The largest absolute Gasteiger partial charge is 0.357 e. The Balaban J connectivity index is 2.23. The van der Waals surface area contributed by atoms with Gasteiger partial charge >= 0.3 is 0 Å². The Bertz CT molecular complexity index is 488. The lowest BCUT2D eigenvalue weighted by molar-refractivity contribution is 0.0682. The van der Waals surface area contributed by atoms with E-state index in [1.165, 1.54) is 19.3 Å². The summed E-state index contributed by atoms with van der Waals surface area (Å²) in [6.07, 6.45) is 3.65. The molecule has 0 saturated heterocycles. The van der Waals surface area contributed by atoms with E-state index in [4.69, 9.17) is 29.0 Å². The number of likely N-dealkylation sites (N-methyl/N-ethyl adjacent to an activating group) is 2. The molecule has 1 fully saturated rings. The highest BCUT2D eigenvalue weighted by Gasteiger charge is 2.40. The van der Waals surface area contributed by atoms with Gasteiger partial charge in [0.1, 0.15) is 5.82 Å². The number of nitrogens with zero attached hydrogens (tertiary/aromatic N) is 3. The Kier molecular flexibility index (Phi) is 4.64.